The highest BCUT2D eigenvalue weighted by Gasteiger charge is 2.32. The monoisotopic (exact) mass is 582 g/mol. The van der Waals surface area contributed by atoms with Gasteiger partial charge in [0, 0.05) is 64.5 Å². The van der Waals surface area contributed by atoms with Crippen molar-refractivity contribution in [3.05, 3.63) is 55.6 Å². The number of anilines is 4. The number of urea groups is 1. The van der Waals surface area contributed by atoms with E-state index in [1.807, 2.05) is 51.3 Å². The van der Waals surface area contributed by atoms with Gasteiger partial charge in [0.1, 0.15) is 11.4 Å². The molecule has 0 unspecified atom stereocenters. The van der Waals surface area contributed by atoms with E-state index in [1.165, 1.54) is 0 Å². The Bertz CT molecular complexity index is 1250. The van der Waals surface area contributed by atoms with Gasteiger partial charge in [-0.3, -0.25) is 20.2 Å². The largest absolute Gasteiger partial charge is 0.362 e. The smallest absolute Gasteiger partial charge is 0.323 e. The summed E-state index contributed by atoms with van der Waals surface area (Å²) in [6.45, 7) is 16.5. The first-order valence-electron chi connectivity index (χ1n) is 14.3. The molecule has 2 aliphatic rings. The highest BCUT2D eigenvalue weighted by Crippen LogP contribution is 2.43. The Morgan fingerprint density at radius 3 is 1.31 bits per heavy atom. The molecule has 2 aromatic rings. The SMILES string of the molecule is CC(C)(C)c1cc(NC(=O)Nc2cc(C(C)(C)C)cc([N+](=O)[O-])c2N2CCNCC2)c(N2CCNCC2)c([N+](=O)[O-])c1. The minimum absolute atomic E-state index is 0.0773. The third-order valence-corrected chi connectivity index (χ3v) is 7.67. The molecule has 4 rings (SSSR count). The van der Waals surface area contributed by atoms with E-state index >= 15 is 0 Å². The molecule has 228 valence electrons. The molecule has 0 aliphatic carbocycles. The maximum Gasteiger partial charge on any atom is 0.323 e. The molecule has 0 spiro atoms. The summed E-state index contributed by atoms with van der Waals surface area (Å²) in [5, 5.41) is 36.8. The van der Waals surface area contributed by atoms with Crippen LogP contribution in [0.1, 0.15) is 52.7 Å². The van der Waals surface area contributed by atoms with Crippen LogP contribution in [0.15, 0.2) is 24.3 Å². The zero-order valence-electron chi connectivity index (χ0n) is 25.3. The van der Waals surface area contributed by atoms with Gasteiger partial charge in [-0.2, -0.15) is 0 Å². The van der Waals surface area contributed by atoms with Crippen molar-refractivity contribution in [3.8, 4) is 0 Å². The molecule has 2 amide bonds. The number of nitro groups is 2. The van der Waals surface area contributed by atoms with E-state index < -0.39 is 26.7 Å². The van der Waals surface area contributed by atoms with Gasteiger partial charge < -0.3 is 31.1 Å². The van der Waals surface area contributed by atoms with Gasteiger partial charge in [-0.05, 0) is 34.1 Å². The molecule has 0 atom stereocenters. The Morgan fingerprint density at radius 2 is 1.02 bits per heavy atom. The normalized spacial score (nSPS) is 16.2. The van der Waals surface area contributed by atoms with Gasteiger partial charge in [-0.15, -0.1) is 0 Å². The molecule has 4 N–H and O–H groups in total. The first-order chi connectivity index (χ1) is 19.7. The highest BCUT2D eigenvalue weighted by molar-refractivity contribution is 6.05. The van der Waals surface area contributed by atoms with Crippen LogP contribution in [-0.2, 0) is 10.8 Å². The van der Waals surface area contributed by atoms with Gasteiger partial charge in [-0.25, -0.2) is 4.79 Å². The Hall–Kier alpha value is -3.97. The summed E-state index contributed by atoms with van der Waals surface area (Å²) >= 11 is 0. The number of piperazine rings is 2. The number of hydrogen-bond acceptors (Lipinski definition) is 9. The maximum absolute atomic E-state index is 13.7. The van der Waals surface area contributed by atoms with Gasteiger partial charge in [0.2, 0.25) is 0 Å². The van der Waals surface area contributed by atoms with E-state index in [-0.39, 0.29) is 11.4 Å². The molecule has 0 aromatic heterocycles. The number of nitro benzene ring substituents is 2. The quantitative estimate of drug-likeness (QED) is 0.283. The lowest BCUT2D eigenvalue weighted by Crippen LogP contribution is -2.44. The van der Waals surface area contributed by atoms with E-state index in [4.69, 9.17) is 0 Å². The van der Waals surface area contributed by atoms with Crippen molar-refractivity contribution in [2.24, 2.45) is 0 Å². The topological polar surface area (TPSA) is 158 Å². The van der Waals surface area contributed by atoms with Crippen molar-refractivity contribution in [2.75, 3.05) is 72.8 Å². The van der Waals surface area contributed by atoms with Crippen molar-refractivity contribution in [2.45, 2.75) is 52.4 Å². The summed E-state index contributed by atoms with van der Waals surface area (Å²) in [4.78, 5) is 41.3. The van der Waals surface area contributed by atoms with Crippen LogP contribution in [0.5, 0.6) is 0 Å². The van der Waals surface area contributed by atoms with E-state index in [2.05, 4.69) is 21.3 Å². The number of nitrogens with zero attached hydrogens (tertiary/aromatic N) is 4. The fraction of sp³-hybridized carbons (Fsp3) is 0.552. The van der Waals surface area contributed by atoms with E-state index in [0.29, 0.717) is 86.2 Å². The van der Waals surface area contributed by atoms with Gasteiger partial charge in [0.05, 0.1) is 21.2 Å². The average molecular weight is 583 g/mol. The average Bonchev–Trinajstić information content (AvgIpc) is 2.92. The second kappa shape index (κ2) is 12.1. The molecular weight excluding hydrogens is 540 g/mol. The molecule has 0 radical (unpaired) electrons. The lowest BCUT2D eigenvalue weighted by molar-refractivity contribution is -0.384. The van der Waals surface area contributed by atoms with Crippen LogP contribution >= 0.6 is 0 Å². The Balaban J connectivity index is 1.80. The van der Waals surface area contributed by atoms with Crippen LogP contribution in [0, 0.1) is 20.2 Å². The summed E-state index contributed by atoms with van der Waals surface area (Å²) < 4.78 is 0. The number of benzene rings is 2. The van der Waals surface area contributed by atoms with Crippen molar-refractivity contribution in [3.63, 3.8) is 0 Å². The maximum atomic E-state index is 13.7. The summed E-state index contributed by atoms with van der Waals surface area (Å²) in [7, 11) is 0. The molecule has 0 saturated carbocycles. The molecule has 42 heavy (non-hydrogen) atoms. The number of carbonyl (C=O) groups excluding carboxylic acids is 1. The van der Waals surface area contributed by atoms with Crippen molar-refractivity contribution in [1.82, 2.24) is 10.6 Å². The van der Waals surface area contributed by atoms with E-state index in [1.54, 1.807) is 24.3 Å². The molecule has 2 fully saturated rings. The van der Waals surface area contributed by atoms with E-state index in [9.17, 15) is 25.0 Å². The summed E-state index contributed by atoms with van der Waals surface area (Å²) in [5.74, 6) is 0. The third kappa shape index (κ3) is 6.90. The van der Waals surface area contributed by atoms with Gasteiger partial charge in [0.25, 0.3) is 11.4 Å². The second-order valence-corrected chi connectivity index (χ2v) is 12.9. The minimum atomic E-state index is -0.636. The Morgan fingerprint density at radius 1 is 0.690 bits per heavy atom. The minimum Gasteiger partial charge on any atom is -0.362 e. The predicted molar refractivity (Wildman–Crippen MR) is 166 cm³/mol. The zero-order valence-corrected chi connectivity index (χ0v) is 25.3. The summed E-state index contributed by atoms with van der Waals surface area (Å²) in [6.07, 6.45) is 0. The van der Waals surface area contributed by atoms with Crippen LogP contribution in [0.3, 0.4) is 0 Å². The number of nitrogens with one attached hydrogen (secondary N) is 4. The molecule has 2 aliphatic heterocycles. The lowest BCUT2D eigenvalue weighted by Gasteiger charge is -2.32. The molecule has 13 nitrogen and oxygen atoms in total. The van der Waals surface area contributed by atoms with Crippen LogP contribution < -0.4 is 31.1 Å². The predicted octanol–water partition coefficient (Wildman–Crippen LogP) is 4.56. The number of amides is 2. The Kier molecular flexibility index (Phi) is 8.92. The molecule has 2 heterocycles. The first-order valence-corrected chi connectivity index (χ1v) is 14.3. The first kappa shape index (κ1) is 31.0. The number of hydrogen-bond donors (Lipinski definition) is 4. The van der Waals surface area contributed by atoms with Crippen LogP contribution in [-0.4, -0.2) is 68.2 Å². The van der Waals surface area contributed by atoms with Crippen LogP contribution in [0.4, 0.5) is 38.9 Å². The van der Waals surface area contributed by atoms with Crippen LogP contribution in [0.25, 0.3) is 0 Å². The van der Waals surface area contributed by atoms with Crippen molar-refractivity contribution >= 4 is 40.2 Å². The van der Waals surface area contributed by atoms with Crippen LogP contribution in [0.2, 0.25) is 0 Å². The molecular formula is C29H42N8O5. The van der Waals surface area contributed by atoms with E-state index in [0.717, 1.165) is 0 Å². The zero-order chi connectivity index (χ0) is 30.8. The summed E-state index contributed by atoms with van der Waals surface area (Å²) in [5.41, 5.74) is 1.75. The van der Waals surface area contributed by atoms with Crippen molar-refractivity contribution in [1.29, 1.82) is 0 Å². The fourth-order valence-corrected chi connectivity index (χ4v) is 5.29. The molecule has 2 aromatic carbocycles. The molecule has 2 saturated heterocycles. The highest BCUT2D eigenvalue weighted by atomic mass is 16.6. The fourth-order valence-electron chi connectivity index (χ4n) is 5.29. The van der Waals surface area contributed by atoms with Crippen molar-refractivity contribution < 1.29 is 14.6 Å². The Labute approximate surface area is 246 Å². The second-order valence-electron chi connectivity index (χ2n) is 12.9. The third-order valence-electron chi connectivity index (χ3n) is 7.67. The molecule has 0 bridgehead atoms. The van der Waals surface area contributed by atoms with Gasteiger partial charge in [-0.1, -0.05) is 41.5 Å². The van der Waals surface area contributed by atoms with Gasteiger partial charge >= 0.3 is 6.03 Å². The molecule has 13 heteroatoms. The number of carbonyl (C=O) groups is 1. The standard InChI is InChI=1S/C29H42N8O5/c1-28(2,3)19-15-21(25(23(17-19)36(39)40)34-11-7-30-8-12-34)32-27(38)33-22-16-20(29(4,5)6)18-24(37(41)42)26(22)35-13-9-31-10-14-35/h15-18,30-31H,7-14H2,1-6H3,(H2,32,33,38). The number of rotatable bonds is 6. The van der Waals surface area contributed by atoms with Gasteiger partial charge in [0.15, 0.2) is 0 Å². The lowest BCUT2D eigenvalue weighted by atomic mass is 9.86. The summed E-state index contributed by atoms with van der Waals surface area (Å²) in [6, 6.07) is 6.10.